The molecule has 0 fully saturated rings. The van der Waals surface area contributed by atoms with E-state index in [1.165, 1.54) is 12.1 Å². The highest BCUT2D eigenvalue weighted by molar-refractivity contribution is 5.81. The minimum Gasteiger partial charge on any atom is -0.357 e. The van der Waals surface area contributed by atoms with Crippen LogP contribution in [0.5, 0.6) is 0 Å². The third-order valence-corrected chi connectivity index (χ3v) is 4.02. The van der Waals surface area contributed by atoms with Crippen LogP contribution in [-0.2, 0) is 24.1 Å². The van der Waals surface area contributed by atoms with Crippen LogP contribution in [0.25, 0.3) is 0 Å². The molecule has 0 heterocycles. The summed E-state index contributed by atoms with van der Waals surface area (Å²) in [5.41, 5.74) is 1.01. The normalized spacial score (nSPS) is 11.8. The summed E-state index contributed by atoms with van der Waals surface area (Å²) < 4.78 is 37.8. The van der Waals surface area contributed by atoms with Crippen molar-refractivity contribution in [3.63, 3.8) is 0 Å². The van der Waals surface area contributed by atoms with Gasteiger partial charge in [0, 0.05) is 26.1 Å². The van der Waals surface area contributed by atoms with Gasteiger partial charge in [0.1, 0.15) is 0 Å². The number of amides is 1. The van der Waals surface area contributed by atoms with Gasteiger partial charge in [-0.25, -0.2) is 4.99 Å². The van der Waals surface area contributed by atoms with Gasteiger partial charge in [0.05, 0.1) is 12.1 Å². The molecule has 156 valence electrons. The van der Waals surface area contributed by atoms with E-state index in [2.05, 4.69) is 20.9 Å². The monoisotopic (exact) mass is 406 g/mol. The third kappa shape index (κ3) is 8.25. The summed E-state index contributed by atoms with van der Waals surface area (Å²) in [6.45, 7) is 3.62. The number of alkyl halides is 3. The highest BCUT2D eigenvalue weighted by atomic mass is 19.4. The zero-order valence-corrected chi connectivity index (χ0v) is 16.2. The first-order chi connectivity index (χ1) is 13.9. The molecule has 0 atom stereocenters. The summed E-state index contributed by atoms with van der Waals surface area (Å²) in [5, 5.41) is 8.95. The first kappa shape index (κ1) is 22.3. The van der Waals surface area contributed by atoms with Gasteiger partial charge in [0.15, 0.2) is 5.96 Å². The SMILES string of the molecule is CCNC(=NCc1ccc(C(F)(F)F)cc1)NCCC(=O)NCc1ccccc1. The Morgan fingerprint density at radius 2 is 1.62 bits per heavy atom. The van der Waals surface area contributed by atoms with Gasteiger partial charge in [-0.15, -0.1) is 0 Å². The van der Waals surface area contributed by atoms with E-state index in [9.17, 15) is 18.0 Å². The molecule has 5 nitrogen and oxygen atoms in total. The van der Waals surface area contributed by atoms with Gasteiger partial charge in [0.25, 0.3) is 0 Å². The molecule has 2 rings (SSSR count). The molecule has 0 aliphatic carbocycles. The van der Waals surface area contributed by atoms with Crippen molar-refractivity contribution in [2.75, 3.05) is 13.1 Å². The lowest BCUT2D eigenvalue weighted by molar-refractivity contribution is -0.137. The summed E-state index contributed by atoms with van der Waals surface area (Å²) in [4.78, 5) is 16.3. The summed E-state index contributed by atoms with van der Waals surface area (Å²) in [6, 6.07) is 14.5. The van der Waals surface area contributed by atoms with E-state index in [-0.39, 0.29) is 18.9 Å². The maximum Gasteiger partial charge on any atom is 0.416 e. The number of carbonyl (C=O) groups is 1. The lowest BCUT2D eigenvalue weighted by Crippen LogP contribution is -2.39. The number of guanidine groups is 1. The molecule has 0 bridgehead atoms. The van der Waals surface area contributed by atoms with Gasteiger partial charge >= 0.3 is 6.18 Å². The van der Waals surface area contributed by atoms with Crippen molar-refractivity contribution in [2.24, 2.45) is 4.99 Å². The minimum atomic E-state index is -4.35. The quantitative estimate of drug-likeness (QED) is 0.465. The molecular weight excluding hydrogens is 381 g/mol. The van der Waals surface area contributed by atoms with Crippen LogP contribution in [0.2, 0.25) is 0 Å². The average molecular weight is 406 g/mol. The van der Waals surface area contributed by atoms with E-state index in [1.807, 2.05) is 37.3 Å². The molecule has 2 aromatic carbocycles. The molecule has 0 unspecified atom stereocenters. The van der Waals surface area contributed by atoms with Crippen molar-refractivity contribution >= 4 is 11.9 Å². The number of nitrogens with one attached hydrogen (secondary N) is 3. The van der Waals surface area contributed by atoms with Crippen LogP contribution >= 0.6 is 0 Å². The number of halogens is 3. The second-order valence-corrected chi connectivity index (χ2v) is 6.33. The number of nitrogens with zero attached hydrogens (tertiary/aromatic N) is 1. The molecule has 0 spiro atoms. The Bertz CT molecular complexity index is 790. The smallest absolute Gasteiger partial charge is 0.357 e. The van der Waals surface area contributed by atoms with Crippen molar-refractivity contribution in [1.82, 2.24) is 16.0 Å². The molecule has 3 N–H and O–H groups in total. The van der Waals surface area contributed by atoms with Crippen LogP contribution in [0, 0.1) is 0 Å². The zero-order valence-electron chi connectivity index (χ0n) is 16.2. The van der Waals surface area contributed by atoms with Crippen LogP contribution < -0.4 is 16.0 Å². The van der Waals surface area contributed by atoms with Crippen LogP contribution in [0.3, 0.4) is 0 Å². The second-order valence-electron chi connectivity index (χ2n) is 6.33. The fourth-order valence-electron chi connectivity index (χ4n) is 2.49. The molecule has 0 saturated carbocycles. The Kier molecular flexibility index (Phi) is 8.51. The van der Waals surface area contributed by atoms with Gasteiger partial charge < -0.3 is 16.0 Å². The Morgan fingerprint density at radius 3 is 2.24 bits per heavy atom. The Hall–Kier alpha value is -3.03. The molecular formula is C21H25F3N4O. The lowest BCUT2D eigenvalue weighted by Gasteiger charge is -2.12. The molecule has 2 aromatic rings. The molecule has 0 saturated heterocycles. The van der Waals surface area contributed by atoms with E-state index < -0.39 is 11.7 Å². The minimum absolute atomic E-state index is 0.0834. The largest absolute Gasteiger partial charge is 0.416 e. The van der Waals surface area contributed by atoms with E-state index in [1.54, 1.807) is 0 Å². The summed E-state index contributed by atoms with van der Waals surface area (Å²) in [7, 11) is 0. The third-order valence-electron chi connectivity index (χ3n) is 4.02. The molecule has 0 radical (unpaired) electrons. The number of hydrogen-bond donors (Lipinski definition) is 3. The van der Waals surface area contributed by atoms with Crippen LogP contribution in [0.1, 0.15) is 30.0 Å². The first-order valence-electron chi connectivity index (χ1n) is 9.37. The lowest BCUT2D eigenvalue weighted by atomic mass is 10.1. The first-order valence-corrected chi connectivity index (χ1v) is 9.37. The predicted molar refractivity (Wildman–Crippen MR) is 107 cm³/mol. The fraction of sp³-hybridized carbons (Fsp3) is 0.333. The molecule has 29 heavy (non-hydrogen) atoms. The van der Waals surface area contributed by atoms with Crippen molar-refractivity contribution in [3.8, 4) is 0 Å². The predicted octanol–water partition coefficient (Wildman–Crippen LogP) is 3.47. The van der Waals surface area contributed by atoms with E-state index in [4.69, 9.17) is 0 Å². The highest BCUT2D eigenvalue weighted by Gasteiger charge is 2.29. The topological polar surface area (TPSA) is 65.5 Å². The Balaban J connectivity index is 1.79. The maximum atomic E-state index is 12.6. The van der Waals surface area contributed by atoms with Crippen LogP contribution in [0.4, 0.5) is 13.2 Å². The van der Waals surface area contributed by atoms with Gasteiger partial charge in [-0.1, -0.05) is 42.5 Å². The molecule has 0 aliphatic heterocycles. The van der Waals surface area contributed by atoms with E-state index >= 15 is 0 Å². The van der Waals surface area contributed by atoms with Crippen molar-refractivity contribution in [3.05, 3.63) is 71.3 Å². The molecule has 0 aliphatic rings. The fourth-order valence-corrected chi connectivity index (χ4v) is 2.49. The zero-order chi connectivity index (χ0) is 21.1. The Labute approximate surface area is 168 Å². The van der Waals surface area contributed by atoms with E-state index in [0.717, 1.165) is 17.7 Å². The van der Waals surface area contributed by atoms with Crippen LogP contribution in [0.15, 0.2) is 59.6 Å². The number of benzene rings is 2. The molecule has 0 aromatic heterocycles. The summed E-state index contributed by atoms with van der Waals surface area (Å²) in [5.74, 6) is 0.420. The van der Waals surface area contributed by atoms with E-state index in [0.29, 0.717) is 31.2 Å². The van der Waals surface area contributed by atoms with Gasteiger partial charge in [0.2, 0.25) is 5.91 Å². The van der Waals surface area contributed by atoms with Crippen molar-refractivity contribution in [1.29, 1.82) is 0 Å². The molecule has 8 heteroatoms. The Morgan fingerprint density at radius 1 is 0.931 bits per heavy atom. The van der Waals surface area contributed by atoms with Crippen molar-refractivity contribution < 1.29 is 18.0 Å². The van der Waals surface area contributed by atoms with Crippen molar-refractivity contribution in [2.45, 2.75) is 32.6 Å². The van der Waals surface area contributed by atoms with Crippen LogP contribution in [-0.4, -0.2) is 25.0 Å². The standard InChI is InChI=1S/C21H25F3N4O/c1-2-25-20(28-15-17-8-10-18(11-9-17)21(22,23)24)26-13-12-19(29)27-14-16-6-4-3-5-7-16/h3-11H,2,12-15H2,1H3,(H,27,29)(H2,25,26,28). The summed E-state index contributed by atoms with van der Waals surface area (Å²) in [6.07, 6.45) is -4.07. The highest BCUT2D eigenvalue weighted by Crippen LogP contribution is 2.29. The average Bonchev–Trinajstić information content (AvgIpc) is 2.71. The number of hydrogen-bond acceptors (Lipinski definition) is 2. The number of carbonyl (C=O) groups excluding carboxylic acids is 1. The number of aliphatic imine (C=N–C) groups is 1. The number of rotatable bonds is 8. The van der Waals surface area contributed by atoms with Gasteiger partial charge in [-0.05, 0) is 30.2 Å². The molecule has 1 amide bonds. The van der Waals surface area contributed by atoms with Gasteiger partial charge in [-0.2, -0.15) is 13.2 Å². The maximum absolute atomic E-state index is 12.6. The summed E-state index contributed by atoms with van der Waals surface area (Å²) >= 11 is 0. The second kappa shape index (κ2) is 11.1. The van der Waals surface area contributed by atoms with Gasteiger partial charge in [-0.3, -0.25) is 4.79 Å².